The molecule has 21 heavy (non-hydrogen) atoms. The minimum atomic E-state index is -0.358. The molecule has 0 bridgehead atoms. The Labute approximate surface area is 122 Å². The molecule has 2 aromatic carbocycles. The molecule has 2 atom stereocenters. The third-order valence-electron chi connectivity index (χ3n) is 3.86. The van der Waals surface area contributed by atoms with Crippen molar-refractivity contribution in [1.82, 2.24) is 16.3 Å². The van der Waals surface area contributed by atoms with Gasteiger partial charge in [0.15, 0.2) is 0 Å². The zero-order chi connectivity index (χ0) is 14.8. The lowest BCUT2D eigenvalue weighted by molar-refractivity contribution is -0.122. The second kappa shape index (κ2) is 5.69. The van der Waals surface area contributed by atoms with Gasteiger partial charge in [0.1, 0.15) is 11.8 Å². The summed E-state index contributed by atoms with van der Waals surface area (Å²) in [5, 5.41) is 2.26. The first kappa shape index (κ1) is 13.8. The van der Waals surface area contributed by atoms with Crippen molar-refractivity contribution in [2.24, 2.45) is 5.84 Å². The van der Waals surface area contributed by atoms with Gasteiger partial charge in [0.05, 0.1) is 13.2 Å². The molecular formula is C15H18N4O2. The summed E-state index contributed by atoms with van der Waals surface area (Å²) in [4.78, 5) is 11.6. The topological polar surface area (TPSA) is 88.4 Å². The fourth-order valence-electron chi connectivity index (χ4n) is 2.83. The average Bonchev–Trinajstić information content (AvgIpc) is 3.02. The molecule has 1 fully saturated rings. The smallest absolute Gasteiger partial charge is 0.252 e. The molecule has 1 heterocycles. The number of nitrogens with two attached hydrogens (primary N) is 1. The molecule has 0 spiro atoms. The summed E-state index contributed by atoms with van der Waals surface area (Å²) in [5.74, 6) is 5.77. The molecular weight excluding hydrogens is 268 g/mol. The summed E-state index contributed by atoms with van der Waals surface area (Å²) in [5.41, 5.74) is 9.36. The number of fused-ring (bicyclic) bond motifs is 1. The SMILES string of the molecule is COc1ccc2ccccc2c1C1CC(C(=O)NN)NN1. The summed E-state index contributed by atoms with van der Waals surface area (Å²) < 4.78 is 5.49. The van der Waals surface area contributed by atoms with Crippen LogP contribution in [-0.4, -0.2) is 19.1 Å². The summed E-state index contributed by atoms with van der Waals surface area (Å²) >= 11 is 0. The van der Waals surface area contributed by atoms with E-state index < -0.39 is 0 Å². The van der Waals surface area contributed by atoms with Crippen LogP contribution >= 0.6 is 0 Å². The van der Waals surface area contributed by atoms with Gasteiger partial charge < -0.3 is 4.74 Å². The van der Waals surface area contributed by atoms with Crippen LogP contribution in [0.3, 0.4) is 0 Å². The van der Waals surface area contributed by atoms with E-state index in [9.17, 15) is 4.79 Å². The van der Waals surface area contributed by atoms with Gasteiger partial charge >= 0.3 is 0 Å². The van der Waals surface area contributed by atoms with Crippen molar-refractivity contribution in [3.63, 3.8) is 0 Å². The predicted octanol–water partition coefficient (Wildman–Crippen LogP) is 0.746. The summed E-state index contributed by atoms with van der Waals surface area (Å²) in [6.45, 7) is 0. The van der Waals surface area contributed by atoms with Crippen molar-refractivity contribution in [1.29, 1.82) is 0 Å². The Kier molecular flexibility index (Phi) is 3.74. The van der Waals surface area contributed by atoms with Gasteiger partial charge in [-0.25, -0.2) is 16.7 Å². The van der Waals surface area contributed by atoms with Crippen LogP contribution in [0, 0.1) is 0 Å². The number of carbonyl (C=O) groups excluding carboxylic acids is 1. The highest BCUT2D eigenvalue weighted by molar-refractivity contribution is 5.88. The van der Waals surface area contributed by atoms with Gasteiger partial charge in [0, 0.05) is 5.56 Å². The number of ether oxygens (including phenoxy) is 1. The summed E-state index contributed by atoms with van der Waals surface area (Å²) in [6, 6.07) is 11.7. The molecule has 0 aromatic heterocycles. The highest BCUT2D eigenvalue weighted by atomic mass is 16.5. The van der Waals surface area contributed by atoms with Crippen molar-refractivity contribution in [3.05, 3.63) is 42.0 Å². The first-order chi connectivity index (χ1) is 10.2. The number of hydrazine groups is 2. The van der Waals surface area contributed by atoms with E-state index in [1.165, 1.54) is 0 Å². The van der Waals surface area contributed by atoms with Crippen molar-refractivity contribution in [2.75, 3.05) is 7.11 Å². The molecule has 5 N–H and O–H groups in total. The monoisotopic (exact) mass is 286 g/mol. The first-order valence-corrected chi connectivity index (χ1v) is 6.81. The van der Waals surface area contributed by atoms with Gasteiger partial charge in [-0.05, 0) is 23.3 Å². The second-order valence-electron chi connectivity index (χ2n) is 5.04. The summed E-state index contributed by atoms with van der Waals surface area (Å²) in [6.07, 6.45) is 0.605. The van der Waals surface area contributed by atoms with Gasteiger partial charge in [-0.3, -0.25) is 10.2 Å². The highest BCUT2D eigenvalue weighted by Crippen LogP contribution is 2.36. The molecule has 6 nitrogen and oxygen atoms in total. The number of amides is 1. The third-order valence-corrected chi connectivity index (χ3v) is 3.86. The van der Waals surface area contributed by atoms with E-state index in [4.69, 9.17) is 10.6 Å². The van der Waals surface area contributed by atoms with E-state index >= 15 is 0 Å². The van der Waals surface area contributed by atoms with Gasteiger partial charge in [0.25, 0.3) is 5.91 Å². The van der Waals surface area contributed by atoms with Gasteiger partial charge in [0.2, 0.25) is 0 Å². The lowest BCUT2D eigenvalue weighted by Crippen LogP contribution is -2.45. The van der Waals surface area contributed by atoms with E-state index in [2.05, 4.69) is 28.4 Å². The van der Waals surface area contributed by atoms with E-state index in [1.54, 1.807) is 7.11 Å². The zero-order valence-electron chi connectivity index (χ0n) is 11.7. The molecule has 0 saturated carbocycles. The molecule has 1 aliphatic heterocycles. The van der Waals surface area contributed by atoms with Crippen LogP contribution in [0.15, 0.2) is 36.4 Å². The highest BCUT2D eigenvalue weighted by Gasteiger charge is 2.32. The van der Waals surface area contributed by atoms with E-state index in [-0.39, 0.29) is 18.0 Å². The lowest BCUT2D eigenvalue weighted by atomic mass is 9.95. The Hall–Kier alpha value is -2.15. The van der Waals surface area contributed by atoms with Gasteiger partial charge in [-0.2, -0.15) is 0 Å². The average molecular weight is 286 g/mol. The molecule has 2 aromatic rings. The predicted molar refractivity (Wildman–Crippen MR) is 80.2 cm³/mol. The number of hydrogen-bond donors (Lipinski definition) is 4. The molecule has 1 aliphatic rings. The molecule has 6 heteroatoms. The van der Waals surface area contributed by atoms with Crippen molar-refractivity contribution in [3.8, 4) is 5.75 Å². The number of hydrogen-bond acceptors (Lipinski definition) is 5. The minimum absolute atomic E-state index is 0.0200. The summed E-state index contributed by atoms with van der Waals surface area (Å²) in [7, 11) is 1.65. The molecule has 3 rings (SSSR count). The molecule has 1 saturated heterocycles. The fraction of sp³-hybridized carbons (Fsp3) is 0.267. The number of rotatable bonds is 3. The minimum Gasteiger partial charge on any atom is -0.496 e. The normalized spacial score (nSPS) is 21.4. The van der Waals surface area contributed by atoms with E-state index in [0.717, 1.165) is 22.1 Å². The Morgan fingerprint density at radius 2 is 2.10 bits per heavy atom. The molecule has 110 valence electrons. The van der Waals surface area contributed by atoms with Crippen molar-refractivity contribution >= 4 is 16.7 Å². The molecule has 2 unspecified atom stereocenters. The van der Waals surface area contributed by atoms with Crippen LogP contribution in [0.4, 0.5) is 0 Å². The first-order valence-electron chi connectivity index (χ1n) is 6.81. The van der Waals surface area contributed by atoms with Gasteiger partial charge in [-0.1, -0.05) is 30.3 Å². The number of benzene rings is 2. The Balaban J connectivity index is 2.02. The molecule has 0 aliphatic carbocycles. The standard InChI is InChI=1S/C15H18N4O2/c1-21-13-7-6-9-4-2-3-5-10(9)14(13)11-8-12(19-18-11)15(20)17-16/h2-7,11-12,18-19H,8,16H2,1H3,(H,17,20). The maximum atomic E-state index is 11.6. The molecule has 0 radical (unpaired) electrons. The third kappa shape index (κ3) is 2.44. The largest absolute Gasteiger partial charge is 0.496 e. The van der Waals surface area contributed by atoms with Gasteiger partial charge in [-0.15, -0.1) is 0 Å². The molecule has 1 amide bonds. The maximum Gasteiger partial charge on any atom is 0.252 e. The number of nitrogens with one attached hydrogen (secondary N) is 3. The van der Waals surface area contributed by atoms with Crippen molar-refractivity contribution < 1.29 is 9.53 Å². The van der Waals surface area contributed by atoms with Crippen LogP contribution in [0.25, 0.3) is 10.8 Å². The van der Waals surface area contributed by atoms with E-state index in [1.807, 2.05) is 24.3 Å². The van der Waals surface area contributed by atoms with Crippen LogP contribution in [0.2, 0.25) is 0 Å². The Morgan fingerprint density at radius 1 is 1.29 bits per heavy atom. The quantitative estimate of drug-likeness (QED) is 0.380. The van der Waals surface area contributed by atoms with Crippen molar-refractivity contribution in [2.45, 2.75) is 18.5 Å². The van der Waals surface area contributed by atoms with Crippen LogP contribution < -0.4 is 26.9 Å². The van der Waals surface area contributed by atoms with E-state index in [0.29, 0.717) is 6.42 Å². The van der Waals surface area contributed by atoms with Crippen LogP contribution in [0.1, 0.15) is 18.0 Å². The lowest BCUT2D eigenvalue weighted by Gasteiger charge is -2.17. The number of methoxy groups -OCH3 is 1. The number of carbonyl (C=O) groups is 1. The Bertz CT molecular complexity index is 674. The van der Waals surface area contributed by atoms with Crippen LogP contribution in [-0.2, 0) is 4.79 Å². The maximum absolute atomic E-state index is 11.6. The second-order valence-corrected chi connectivity index (χ2v) is 5.04. The zero-order valence-corrected chi connectivity index (χ0v) is 11.7. The van der Waals surface area contributed by atoms with Crippen LogP contribution in [0.5, 0.6) is 5.75 Å². The Morgan fingerprint density at radius 3 is 2.86 bits per heavy atom. The fourth-order valence-corrected chi connectivity index (χ4v) is 2.83.